The molecule has 1 aromatic rings. The predicted molar refractivity (Wildman–Crippen MR) is 52.5 cm³/mol. The fraction of sp³-hybridized carbons (Fsp3) is 0.455. The van der Waals surface area contributed by atoms with Crippen LogP contribution < -0.4 is 5.32 Å². The van der Waals surface area contributed by atoms with Crippen molar-refractivity contribution in [2.45, 2.75) is 25.7 Å². The minimum absolute atomic E-state index is 0.448. The average molecular weight is 177 g/mol. The maximum absolute atomic E-state index is 5.29. The Morgan fingerprint density at radius 3 is 2.62 bits per heavy atom. The predicted octanol–water partition coefficient (Wildman–Crippen LogP) is 1.56. The number of epoxide rings is 1. The summed E-state index contributed by atoms with van der Waals surface area (Å²) in [7, 11) is 0. The second-order valence-corrected chi connectivity index (χ2v) is 3.50. The van der Waals surface area contributed by atoms with Gasteiger partial charge in [-0.3, -0.25) is 0 Å². The summed E-state index contributed by atoms with van der Waals surface area (Å²) in [5.74, 6) is 0. The molecule has 2 heteroatoms. The highest BCUT2D eigenvalue weighted by atomic mass is 16.6. The van der Waals surface area contributed by atoms with Crippen molar-refractivity contribution in [1.82, 2.24) is 5.32 Å². The summed E-state index contributed by atoms with van der Waals surface area (Å²) < 4.78 is 5.29. The molecule has 1 aliphatic rings. The zero-order valence-electron chi connectivity index (χ0n) is 7.86. The average Bonchev–Trinajstić information content (AvgIpc) is 2.84. The molecule has 1 aromatic carbocycles. The van der Waals surface area contributed by atoms with Crippen molar-refractivity contribution in [2.75, 3.05) is 6.54 Å². The maximum Gasteiger partial charge on any atom is 0.0963 e. The molecule has 13 heavy (non-hydrogen) atoms. The van der Waals surface area contributed by atoms with Crippen LogP contribution >= 0.6 is 0 Å². The maximum atomic E-state index is 5.29. The first-order chi connectivity index (χ1) is 6.36. The third kappa shape index (κ3) is 2.54. The number of nitrogens with one attached hydrogen (secondary N) is 1. The van der Waals surface area contributed by atoms with Crippen LogP contribution in [0.5, 0.6) is 0 Å². The highest BCUT2D eigenvalue weighted by molar-refractivity contribution is 5.14. The molecule has 0 aromatic heterocycles. The number of ether oxygens (including phenoxy) is 1. The van der Waals surface area contributed by atoms with E-state index >= 15 is 0 Å². The fourth-order valence-corrected chi connectivity index (χ4v) is 1.40. The molecule has 2 atom stereocenters. The smallest absolute Gasteiger partial charge is 0.0963 e. The Balaban J connectivity index is 1.68. The molecular weight excluding hydrogens is 162 g/mol. The van der Waals surface area contributed by atoms with Gasteiger partial charge >= 0.3 is 0 Å². The SMILES string of the molecule is C[C@@H]1O[C@@H]1CNCc1ccccc1. The van der Waals surface area contributed by atoms with Crippen LogP contribution in [0.25, 0.3) is 0 Å². The standard InChI is InChI=1S/C11H15NO/c1-9-11(13-9)8-12-7-10-5-3-2-4-6-10/h2-6,9,11-12H,7-8H2,1H3/t9-,11+/m0/s1. The molecule has 0 amide bonds. The van der Waals surface area contributed by atoms with E-state index < -0.39 is 0 Å². The number of hydrogen-bond donors (Lipinski definition) is 1. The van der Waals surface area contributed by atoms with Crippen LogP contribution in [0.3, 0.4) is 0 Å². The molecule has 1 fully saturated rings. The van der Waals surface area contributed by atoms with Gasteiger partial charge in [0.05, 0.1) is 12.2 Å². The first kappa shape index (κ1) is 8.73. The molecular formula is C11H15NO. The Bertz CT molecular complexity index is 260. The molecule has 2 nitrogen and oxygen atoms in total. The molecule has 0 radical (unpaired) electrons. The van der Waals surface area contributed by atoms with Crippen molar-refractivity contribution in [1.29, 1.82) is 0 Å². The van der Waals surface area contributed by atoms with Gasteiger partial charge in [-0.15, -0.1) is 0 Å². The monoisotopic (exact) mass is 177 g/mol. The summed E-state index contributed by atoms with van der Waals surface area (Å²) in [4.78, 5) is 0. The van der Waals surface area contributed by atoms with E-state index in [4.69, 9.17) is 4.74 Å². The van der Waals surface area contributed by atoms with E-state index in [1.807, 2.05) is 6.07 Å². The topological polar surface area (TPSA) is 24.6 Å². The van der Waals surface area contributed by atoms with E-state index in [1.54, 1.807) is 0 Å². The Kier molecular flexibility index (Phi) is 2.62. The summed E-state index contributed by atoms with van der Waals surface area (Å²) >= 11 is 0. The lowest BCUT2D eigenvalue weighted by Gasteiger charge is -2.01. The minimum atomic E-state index is 0.448. The largest absolute Gasteiger partial charge is 0.369 e. The highest BCUT2D eigenvalue weighted by Crippen LogP contribution is 2.19. The Labute approximate surface area is 78.9 Å². The van der Waals surface area contributed by atoms with E-state index in [1.165, 1.54) is 5.56 Å². The second-order valence-electron chi connectivity index (χ2n) is 3.50. The lowest BCUT2D eigenvalue weighted by atomic mass is 10.2. The number of benzene rings is 1. The molecule has 70 valence electrons. The third-order valence-electron chi connectivity index (χ3n) is 2.35. The molecule has 2 rings (SSSR count). The summed E-state index contributed by atoms with van der Waals surface area (Å²) in [6.07, 6.45) is 0.909. The summed E-state index contributed by atoms with van der Waals surface area (Å²) in [5.41, 5.74) is 1.33. The van der Waals surface area contributed by atoms with Crippen LogP contribution in [0, 0.1) is 0 Å². The van der Waals surface area contributed by atoms with E-state index in [0.717, 1.165) is 13.1 Å². The van der Waals surface area contributed by atoms with Crippen molar-refractivity contribution >= 4 is 0 Å². The Hall–Kier alpha value is -0.860. The fourth-order valence-electron chi connectivity index (χ4n) is 1.40. The third-order valence-corrected chi connectivity index (χ3v) is 2.35. The van der Waals surface area contributed by atoms with Crippen LogP contribution in [0.1, 0.15) is 12.5 Å². The zero-order valence-corrected chi connectivity index (χ0v) is 7.86. The van der Waals surface area contributed by atoms with Gasteiger partial charge in [0.1, 0.15) is 0 Å². The molecule has 1 N–H and O–H groups in total. The van der Waals surface area contributed by atoms with Gasteiger partial charge in [-0.25, -0.2) is 0 Å². The van der Waals surface area contributed by atoms with Crippen molar-refractivity contribution in [3.8, 4) is 0 Å². The molecule has 0 bridgehead atoms. The second kappa shape index (κ2) is 3.90. The van der Waals surface area contributed by atoms with Gasteiger partial charge in [0.15, 0.2) is 0 Å². The molecule has 0 spiro atoms. The minimum Gasteiger partial charge on any atom is -0.369 e. The number of hydrogen-bond acceptors (Lipinski definition) is 2. The van der Waals surface area contributed by atoms with Crippen LogP contribution in [0.4, 0.5) is 0 Å². The van der Waals surface area contributed by atoms with Gasteiger partial charge in [0.2, 0.25) is 0 Å². The van der Waals surface area contributed by atoms with Crippen molar-refractivity contribution < 1.29 is 4.74 Å². The molecule has 0 aliphatic carbocycles. The summed E-state index contributed by atoms with van der Waals surface area (Å²) in [6, 6.07) is 10.4. The molecule has 0 unspecified atom stereocenters. The van der Waals surface area contributed by atoms with Crippen LogP contribution in [-0.2, 0) is 11.3 Å². The van der Waals surface area contributed by atoms with Crippen LogP contribution in [0.2, 0.25) is 0 Å². The number of rotatable bonds is 4. The van der Waals surface area contributed by atoms with E-state index in [0.29, 0.717) is 12.2 Å². The van der Waals surface area contributed by atoms with Gasteiger partial charge in [-0.2, -0.15) is 0 Å². The quantitative estimate of drug-likeness (QED) is 0.706. The molecule has 1 aliphatic heterocycles. The van der Waals surface area contributed by atoms with Gasteiger partial charge < -0.3 is 10.1 Å². The first-order valence-corrected chi connectivity index (χ1v) is 4.76. The van der Waals surface area contributed by atoms with Gasteiger partial charge in [-0.1, -0.05) is 30.3 Å². The van der Waals surface area contributed by atoms with Crippen molar-refractivity contribution in [2.24, 2.45) is 0 Å². The normalized spacial score (nSPS) is 25.9. The highest BCUT2D eigenvalue weighted by Gasteiger charge is 2.33. The Morgan fingerprint density at radius 2 is 2.00 bits per heavy atom. The van der Waals surface area contributed by atoms with Crippen molar-refractivity contribution in [3.63, 3.8) is 0 Å². The van der Waals surface area contributed by atoms with Crippen LogP contribution in [0.15, 0.2) is 30.3 Å². The van der Waals surface area contributed by atoms with Crippen LogP contribution in [-0.4, -0.2) is 18.8 Å². The summed E-state index contributed by atoms with van der Waals surface area (Å²) in [5, 5.41) is 3.37. The molecule has 1 heterocycles. The zero-order chi connectivity index (χ0) is 9.10. The van der Waals surface area contributed by atoms with Gasteiger partial charge in [0, 0.05) is 13.1 Å². The lowest BCUT2D eigenvalue weighted by Crippen LogP contribution is -2.19. The van der Waals surface area contributed by atoms with E-state index in [9.17, 15) is 0 Å². The molecule has 0 saturated carbocycles. The van der Waals surface area contributed by atoms with E-state index in [-0.39, 0.29) is 0 Å². The van der Waals surface area contributed by atoms with E-state index in [2.05, 4.69) is 36.5 Å². The van der Waals surface area contributed by atoms with Crippen molar-refractivity contribution in [3.05, 3.63) is 35.9 Å². The lowest BCUT2D eigenvalue weighted by molar-refractivity contribution is 0.371. The summed E-state index contributed by atoms with van der Waals surface area (Å²) in [6.45, 7) is 4.01. The Morgan fingerprint density at radius 1 is 1.31 bits per heavy atom. The van der Waals surface area contributed by atoms with Gasteiger partial charge in [0.25, 0.3) is 0 Å². The molecule has 1 saturated heterocycles. The van der Waals surface area contributed by atoms with Gasteiger partial charge in [-0.05, 0) is 12.5 Å². The first-order valence-electron chi connectivity index (χ1n) is 4.76.